The van der Waals surface area contributed by atoms with Crippen LogP contribution in [0.1, 0.15) is 26.5 Å². The predicted octanol–water partition coefficient (Wildman–Crippen LogP) is 4.91. The average Bonchev–Trinajstić information content (AvgIpc) is 2.98. The molecule has 6 nitrogen and oxygen atoms in total. The molecule has 0 spiro atoms. The summed E-state index contributed by atoms with van der Waals surface area (Å²) in [4.78, 5) is 18.5. The Hall–Kier alpha value is -2.80. The number of anilines is 2. The Morgan fingerprint density at radius 3 is 2.22 bits per heavy atom. The van der Waals surface area contributed by atoms with Crippen molar-refractivity contribution in [1.82, 2.24) is 14.8 Å². The number of nitrogens with zero attached hydrogens (tertiary/aromatic N) is 3. The fraction of sp³-hybridized carbons (Fsp3) is 0.250. The molecule has 2 aromatic heterocycles. The summed E-state index contributed by atoms with van der Waals surface area (Å²) in [5.74, 6) is 0.655. The second kappa shape index (κ2) is 7.84. The van der Waals surface area contributed by atoms with Crippen molar-refractivity contribution in [2.75, 3.05) is 10.6 Å². The van der Waals surface area contributed by atoms with Crippen molar-refractivity contribution in [3.8, 4) is 0 Å². The van der Waals surface area contributed by atoms with E-state index in [-0.39, 0.29) is 11.4 Å². The number of pyridine rings is 1. The van der Waals surface area contributed by atoms with Crippen LogP contribution in [0.4, 0.5) is 16.3 Å². The largest absolute Gasteiger partial charge is 0.324 e. The van der Waals surface area contributed by atoms with Crippen molar-refractivity contribution in [1.29, 1.82) is 0 Å². The zero-order chi connectivity index (χ0) is 19.4. The lowest BCUT2D eigenvalue weighted by Gasteiger charge is -2.13. The van der Waals surface area contributed by atoms with Gasteiger partial charge < -0.3 is 5.32 Å². The molecule has 0 saturated heterocycles. The molecule has 1 aromatic carbocycles. The van der Waals surface area contributed by atoms with Gasteiger partial charge in [-0.3, -0.25) is 15.0 Å². The first-order valence-corrected chi connectivity index (χ1v) is 9.43. The van der Waals surface area contributed by atoms with Gasteiger partial charge in [-0.25, -0.2) is 4.79 Å². The molecule has 3 rings (SSSR count). The Morgan fingerprint density at radius 2 is 1.63 bits per heavy atom. The second-order valence-corrected chi connectivity index (χ2v) is 8.32. The summed E-state index contributed by atoms with van der Waals surface area (Å²) in [7, 11) is 1.82. The number of urea groups is 1. The van der Waals surface area contributed by atoms with Crippen LogP contribution < -0.4 is 10.6 Å². The topological polar surface area (TPSA) is 71.8 Å². The molecule has 0 radical (unpaired) electrons. The molecule has 0 unspecified atom stereocenters. The van der Waals surface area contributed by atoms with Crippen LogP contribution in [0.25, 0.3) is 0 Å². The highest BCUT2D eigenvalue weighted by molar-refractivity contribution is 7.99. The van der Waals surface area contributed by atoms with Gasteiger partial charge >= 0.3 is 6.03 Å². The fourth-order valence-electron chi connectivity index (χ4n) is 2.38. The molecule has 140 valence electrons. The first-order valence-electron chi connectivity index (χ1n) is 8.62. The highest BCUT2D eigenvalue weighted by Crippen LogP contribution is 2.28. The van der Waals surface area contributed by atoms with Crippen LogP contribution in [0.5, 0.6) is 0 Å². The van der Waals surface area contributed by atoms with Crippen LogP contribution in [0.2, 0.25) is 0 Å². The number of carbonyl (C=O) groups excluding carboxylic acids is 1. The molecule has 27 heavy (non-hydrogen) atoms. The minimum absolute atomic E-state index is 0.0729. The predicted molar refractivity (Wildman–Crippen MR) is 109 cm³/mol. The molecule has 0 atom stereocenters. The Balaban J connectivity index is 1.60. The van der Waals surface area contributed by atoms with E-state index in [1.54, 1.807) is 28.8 Å². The minimum atomic E-state index is -0.298. The standard InChI is InChI=1S/C20H23N5OS/c1-20(2,3)17-13-18(25(4)24-17)23-19(26)22-14-5-7-15(8-6-14)27-16-9-11-21-12-10-16/h5-13H,1-4H3,(H2,22,23,26). The zero-order valence-corrected chi connectivity index (χ0v) is 16.7. The van der Waals surface area contributed by atoms with Gasteiger partial charge in [0.05, 0.1) is 5.69 Å². The number of rotatable bonds is 4. The van der Waals surface area contributed by atoms with Gasteiger partial charge in [-0.1, -0.05) is 32.5 Å². The van der Waals surface area contributed by atoms with Gasteiger partial charge in [0.2, 0.25) is 0 Å². The zero-order valence-electron chi connectivity index (χ0n) is 15.9. The lowest BCUT2D eigenvalue weighted by molar-refractivity contribution is 0.262. The lowest BCUT2D eigenvalue weighted by Crippen LogP contribution is -2.20. The summed E-state index contributed by atoms with van der Waals surface area (Å²) in [6.07, 6.45) is 3.54. The quantitative estimate of drug-likeness (QED) is 0.674. The molecule has 0 fully saturated rings. The lowest BCUT2D eigenvalue weighted by atomic mass is 9.92. The molecule has 3 aromatic rings. The van der Waals surface area contributed by atoms with E-state index in [0.717, 1.165) is 21.2 Å². The molecule has 2 amide bonds. The van der Waals surface area contributed by atoms with Crippen LogP contribution in [-0.4, -0.2) is 20.8 Å². The van der Waals surface area contributed by atoms with Crippen LogP contribution in [0, 0.1) is 0 Å². The SMILES string of the molecule is Cn1nc(C(C)(C)C)cc1NC(=O)Nc1ccc(Sc2ccncc2)cc1. The van der Waals surface area contributed by atoms with Crippen LogP contribution in [0.3, 0.4) is 0 Å². The maximum absolute atomic E-state index is 12.3. The van der Waals surface area contributed by atoms with E-state index in [0.29, 0.717) is 5.82 Å². The van der Waals surface area contributed by atoms with E-state index in [1.807, 2.05) is 49.5 Å². The molecule has 0 saturated carbocycles. The summed E-state index contributed by atoms with van der Waals surface area (Å²) in [5.41, 5.74) is 1.58. The van der Waals surface area contributed by atoms with Gasteiger partial charge in [0.15, 0.2) is 0 Å². The third kappa shape index (κ3) is 5.10. The number of aryl methyl sites for hydroxylation is 1. The number of hydrogen-bond donors (Lipinski definition) is 2. The molecule has 0 bridgehead atoms. The van der Waals surface area contributed by atoms with Crippen molar-refractivity contribution in [2.45, 2.75) is 36.0 Å². The Morgan fingerprint density at radius 1 is 1.00 bits per heavy atom. The van der Waals surface area contributed by atoms with Crippen LogP contribution >= 0.6 is 11.8 Å². The normalized spacial score (nSPS) is 11.3. The number of benzene rings is 1. The van der Waals surface area contributed by atoms with Crippen molar-refractivity contribution in [3.63, 3.8) is 0 Å². The number of carbonyl (C=O) groups is 1. The summed E-state index contributed by atoms with van der Waals surface area (Å²) < 4.78 is 1.68. The van der Waals surface area contributed by atoms with Gasteiger partial charge in [0.25, 0.3) is 0 Å². The smallest absolute Gasteiger partial charge is 0.308 e. The van der Waals surface area contributed by atoms with Gasteiger partial charge in [0.1, 0.15) is 5.82 Å². The fourth-order valence-corrected chi connectivity index (χ4v) is 3.18. The van der Waals surface area contributed by atoms with Crippen molar-refractivity contribution >= 4 is 29.3 Å². The second-order valence-electron chi connectivity index (χ2n) is 7.18. The molecular weight excluding hydrogens is 358 g/mol. The molecular formula is C20H23N5OS. The van der Waals surface area contributed by atoms with Gasteiger partial charge in [-0.15, -0.1) is 0 Å². The Bertz CT molecular complexity index is 914. The molecule has 0 aliphatic heterocycles. The van der Waals surface area contributed by atoms with Crippen LogP contribution in [0.15, 0.2) is 64.6 Å². The third-order valence-corrected chi connectivity index (χ3v) is 4.90. The number of nitrogens with one attached hydrogen (secondary N) is 2. The van der Waals surface area contributed by atoms with Gasteiger partial charge in [-0.05, 0) is 36.4 Å². The summed E-state index contributed by atoms with van der Waals surface area (Å²) >= 11 is 1.64. The summed E-state index contributed by atoms with van der Waals surface area (Å²) in [5, 5.41) is 10.2. The van der Waals surface area contributed by atoms with E-state index in [2.05, 4.69) is 41.5 Å². The van der Waals surface area contributed by atoms with E-state index < -0.39 is 0 Å². The Labute approximate surface area is 163 Å². The van der Waals surface area contributed by atoms with Gasteiger partial charge in [-0.2, -0.15) is 5.10 Å². The maximum Gasteiger partial charge on any atom is 0.324 e. The Kier molecular flexibility index (Phi) is 5.51. The minimum Gasteiger partial charge on any atom is -0.308 e. The monoisotopic (exact) mass is 381 g/mol. The third-order valence-electron chi connectivity index (χ3n) is 3.89. The van der Waals surface area contributed by atoms with E-state index in [9.17, 15) is 4.79 Å². The van der Waals surface area contributed by atoms with Gasteiger partial charge in [0, 0.05) is 46.4 Å². The number of aromatic nitrogens is 3. The number of hydrogen-bond acceptors (Lipinski definition) is 4. The van der Waals surface area contributed by atoms with Crippen molar-refractivity contribution in [3.05, 3.63) is 60.6 Å². The van der Waals surface area contributed by atoms with E-state index in [1.165, 1.54) is 0 Å². The van der Waals surface area contributed by atoms with Crippen molar-refractivity contribution in [2.24, 2.45) is 7.05 Å². The summed E-state index contributed by atoms with van der Waals surface area (Å²) in [6.45, 7) is 6.26. The number of amides is 2. The van der Waals surface area contributed by atoms with E-state index >= 15 is 0 Å². The molecule has 2 heterocycles. The molecule has 0 aliphatic carbocycles. The average molecular weight is 382 g/mol. The van der Waals surface area contributed by atoms with E-state index in [4.69, 9.17) is 0 Å². The first kappa shape index (κ1) is 19.0. The maximum atomic E-state index is 12.3. The molecule has 2 N–H and O–H groups in total. The highest BCUT2D eigenvalue weighted by Gasteiger charge is 2.19. The highest BCUT2D eigenvalue weighted by atomic mass is 32.2. The van der Waals surface area contributed by atoms with Crippen LogP contribution in [-0.2, 0) is 12.5 Å². The first-order chi connectivity index (χ1) is 12.8. The van der Waals surface area contributed by atoms with Crippen molar-refractivity contribution < 1.29 is 4.79 Å². The summed E-state index contributed by atoms with van der Waals surface area (Å²) in [6, 6.07) is 13.2. The molecule has 0 aliphatic rings. The molecule has 7 heteroatoms.